The molecule has 0 saturated carbocycles. The molecule has 2 aromatic heterocycles. The lowest BCUT2D eigenvalue weighted by atomic mass is 10.2. The maximum atomic E-state index is 4.00. The first kappa shape index (κ1) is 11.8. The smallest absolute Gasteiger partial charge is 0.0400 e. The fourth-order valence-electron chi connectivity index (χ4n) is 1.48. The molecule has 0 aliphatic rings. The van der Waals surface area contributed by atoms with E-state index in [-0.39, 0.29) is 0 Å². The Morgan fingerprint density at radius 1 is 1.38 bits per heavy atom. The van der Waals surface area contributed by atoms with Crippen molar-refractivity contribution >= 4 is 27.3 Å². The molecule has 1 atom stereocenters. The topological polar surface area (TPSA) is 24.9 Å². The second-order valence-corrected chi connectivity index (χ2v) is 5.39. The van der Waals surface area contributed by atoms with Crippen LogP contribution in [0.15, 0.2) is 40.4 Å². The van der Waals surface area contributed by atoms with Crippen LogP contribution in [0.3, 0.4) is 0 Å². The lowest BCUT2D eigenvalue weighted by Crippen LogP contribution is -2.17. The van der Waals surface area contributed by atoms with Crippen molar-refractivity contribution in [1.82, 2.24) is 10.3 Å². The summed E-state index contributed by atoms with van der Waals surface area (Å²) in [6, 6.07) is 6.51. The van der Waals surface area contributed by atoms with Gasteiger partial charge in [0.15, 0.2) is 0 Å². The minimum Gasteiger partial charge on any atom is -0.305 e. The van der Waals surface area contributed by atoms with Crippen molar-refractivity contribution in [3.63, 3.8) is 0 Å². The van der Waals surface area contributed by atoms with Gasteiger partial charge >= 0.3 is 0 Å². The molecule has 0 radical (unpaired) electrons. The van der Waals surface area contributed by atoms with Gasteiger partial charge in [-0.05, 0) is 52.0 Å². The summed E-state index contributed by atoms with van der Waals surface area (Å²) < 4.78 is 1.19. The summed E-state index contributed by atoms with van der Waals surface area (Å²) in [5.41, 5.74) is 1.26. The highest BCUT2D eigenvalue weighted by Crippen LogP contribution is 2.28. The number of pyridine rings is 1. The summed E-state index contributed by atoms with van der Waals surface area (Å²) >= 11 is 5.32. The number of halogens is 1. The SMILES string of the molecule is CC(NCc1ccncc1)c1sccc1Br. The second-order valence-electron chi connectivity index (χ2n) is 3.59. The predicted octanol–water partition coefficient (Wildman–Crippen LogP) is 3.76. The van der Waals surface area contributed by atoms with Crippen LogP contribution < -0.4 is 5.32 Å². The Balaban J connectivity index is 1.94. The van der Waals surface area contributed by atoms with E-state index in [2.05, 4.69) is 44.6 Å². The van der Waals surface area contributed by atoms with Gasteiger partial charge in [-0.1, -0.05) is 0 Å². The molecule has 0 aromatic carbocycles. The molecular formula is C12H13BrN2S. The third kappa shape index (κ3) is 2.90. The summed E-state index contributed by atoms with van der Waals surface area (Å²) in [4.78, 5) is 5.34. The summed E-state index contributed by atoms with van der Waals surface area (Å²) in [7, 11) is 0. The van der Waals surface area contributed by atoms with Gasteiger partial charge in [-0.15, -0.1) is 11.3 Å². The molecule has 1 unspecified atom stereocenters. The second kappa shape index (κ2) is 5.57. The van der Waals surface area contributed by atoms with Crippen LogP contribution in [0.4, 0.5) is 0 Å². The van der Waals surface area contributed by atoms with Crippen LogP contribution in [-0.2, 0) is 6.54 Å². The molecule has 2 heterocycles. The Morgan fingerprint density at radius 2 is 2.12 bits per heavy atom. The van der Waals surface area contributed by atoms with Gasteiger partial charge in [0.25, 0.3) is 0 Å². The maximum absolute atomic E-state index is 4.00. The standard InChI is InChI=1S/C12H13BrN2S/c1-9(12-11(13)4-7-16-12)15-8-10-2-5-14-6-3-10/h2-7,9,15H,8H2,1H3. The van der Waals surface area contributed by atoms with Gasteiger partial charge in [0.2, 0.25) is 0 Å². The number of nitrogens with zero attached hydrogens (tertiary/aromatic N) is 1. The number of rotatable bonds is 4. The summed E-state index contributed by atoms with van der Waals surface area (Å²) in [5, 5.41) is 5.60. The Labute approximate surface area is 108 Å². The van der Waals surface area contributed by atoms with Gasteiger partial charge in [-0.3, -0.25) is 4.98 Å². The average molecular weight is 297 g/mol. The Bertz CT molecular complexity index is 441. The minimum atomic E-state index is 0.363. The molecule has 1 N–H and O–H groups in total. The number of nitrogens with one attached hydrogen (secondary N) is 1. The van der Waals surface area contributed by atoms with Crippen molar-refractivity contribution < 1.29 is 0 Å². The van der Waals surface area contributed by atoms with E-state index in [0.717, 1.165) is 6.54 Å². The van der Waals surface area contributed by atoms with Gasteiger partial charge in [-0.2, -0.15) is 0 Å². The van der Waals surface area contributed by atoms with Gasteiger partial charge in [0.1, 0.15) is 0 Å². The fraction of sp³-hybridized carbons (Fsp3) is 0.250. The minimum absolute atomic E-state index is 0.363. The molecule has 0 spiro atoms. The maximum Gasteiger partial charge on any atom is 0.0400 e. The summed E-state index contributed by atoms with van der Waals surface area (Å²) in [6.45, 7) is 3.05. The number of thiophene rings is 1. The number of hydrogen-bond acceptors (Lipinski definition) is 3. The lowest BCUT2D eigenvalue weighted by molar-refractivity contribution is 0.581. The third-order valence-corrected chi connectivity index (χ3v) is 4.45. The van der Waals surface area contributed by atoms with Gasteiger partial charge in [0.05, 0.1) is 0 Å². The molecule has 0 aliphatic carbocycles. The predicted molar refractivity (Wildman–Crippen MR) is 71.5 cm³/mol. The first-order chi connectivity index (χ1) is 7.77. The summed E-state index contributed by atoms with van der Waals surface area (Å²) in [5.74, 6) is 0. The van der Waals surface area contributed by atoms with Gasteiger partial charge in [0, 0.05) is 34.3 Å². The van der Waals surface area contributed by atoms with Gasteiger partial charge < -0.3 is 5.32 Å². The largest absolute Gasteiger partial charge is 0.305 e. The lowest BCUT2D eigenvalue weighted by Gasteiger charge is -2.12. The molecule has 0 aliphatic heterocycles. The zero-order valence-corrected chi connectivity index (χ0v) is 11.4. The van der Waals surface area contributed by atoms with Crippen molar-refractivity contribution in [3.8, 4) is 0 Å². The van der Waals surface area contributed by atoms with E-state index in [1.807, 2.05) is 24.5 Å². The van der Waals surface area contributed by atoms with E-state index >= 15 is 0 Å². The zero-order chi connectivity index (χ0) is 11.4. The van der Waals surface area contributed by atoms with Crippen LogP contribution in [0.1, 0.15) is 23.4 Å². The molecule has 2 aromatic rings. The van der Waals surface area contributed by atoms with Crippen LogP contribution in [0.2, 0.25) is 0 Å². The molecule has 16 heavy (non-hydrogen) atoms. The molecule has 0 bridgehead atoms. The highest BCUT2D eigenvalue weighted by Gasteiger charge is 2.09. The number of aromatic nitrogens is 1. The van der Waals surface area contributed by atoms with E-state index in [1.165, 1.54) is 14.9 Å². The molecule has 0 amide bonds. The Kier molecular flexibility index (Phi) is 4.09. The van der Waals surface area contributed by atoms with Crippen molar-refractivity contribution in [3.05, 3.63) is 50.9 Å². The van der Waals surface area contributed by atoms with Crippen LogP contribution in [0, 0.1) is 0 Å². The third-order valence-electron chi connectivity index (χ3n) is 2.40. The van der Waals surface area contributed by atoms with Crippen LogP contribution in [-0.4, -0.2) is 4.98 Å². The highest BCUT2D eigenvalue weighted by molar-refractivity contribution is 9.10. The first-order valence-corrected chi connectivity index (χ1v) is 6.80. The Morgan fingerprint density at radius 3 is 2.75 bits per heavy atom. The van der Waals surface area contributed by atoms with Crippen molar-refractivity contribution in [2.45, 2.75) is 19.5 Å². The fourth-order valence-corrected chi connectivity index (χ4v) is 3.23. The first-order valence-electron chi connectivity index (χ1n) is 5.12. The molecule has 2 nitrogen and oxygen atoms in total. The molecule has 0 saturated heterocycles. The van der Waals surface area contributed by atoms with E-state index in [4.69, 9.17) is 0 Å². The van der Waals surface area contributed by atoms with E-state index in [9.17, 15) is 0 Å². The molecule has 2 rings (SSSR count). The van der Waals surface area contributed by atoms with Crippen molar-refractivity contribution in [1.29, 1.82) is 0 Å². The van der Waals surface area contributed by atoms with Crippen molar-refractivity contribution in [2.24, 2.45) is 0 Å². The van der Waals surface area contributed by atoms with Crippen LogP contribution >= 0.6 is 27.3 Å². The van der Waals surface area contributed by atoms with E-state index in [1.54, 1.807) is 11.3 Å². The quantitative estimate of drug-likeness (QED) is 0.929. The zero-order valence-electron chi connectivity index (χ0n) is 8.98. The molecule has 0 fully saturated rings. The summed E-state index contributed by atoms with van der Waals surface area (Å²) in [6.07, 6.45) is 3.64. The van der Waals surface area contributed by atoms with E-state index in [0.29, 0.717) is 6.04 Å². The normalized spacial score (nSPS) is 12.6. The van der Waals surface area contributed by atoms with Crippen molar-refractivity contribution in [2.75, 3.05) is 0 Å². The van der Waals surface area contributed by atoms with Crippen LogP contribution in [0.5, 0.6) is 0 Å². The monoisotopic (exact) mass is 296 g/mol. The number of hydrogen-bond donors (Lipinski definition) is 1. The molecular weight excluding hydrogens is 284 g/mol. The van der Waals surface area contributed by atoms with Gasteiger partial charge in [-0.25, -0.2) is 0 Å². The average Bonchev–Trinajstić information content (AvgIpc) is 2.74. The van der Waals surface area contributed by atoms with E-state index < -0.39 is 0 Å². The highest BCUT2D eigenvalue weighted by atomic mass is 79.9. The Hall–Kier alpha value is -0.710. The van der Waals surface area contributed by atoms with Crippen LogP contribution in [0.25, 0.3) is 0 Å². The molecule has 84 valence electrons. The molecule has 4 heteroatoms.